The number of hydrogen-bond acceptors (Lipinski definition) is 2. The third-order valence-corrected chi connectivity index (χ3v) is 3.64. The van der Waals surface area contributed by atoms with Crippen LogP contribution < -0.4 is 10.6 Å². The molecule has 1 aromatic carbocycles. The van der Waals surface area contributed by atoms with Crippen LogP contribution in [-0.4, -0.2) is 22.6 Å². The molecule has 1 rings (SSSR count). The maximum atomic E-state index is 13.5. The summed E-state index contributed by atoms with van der Waals surface area (Å²) in [6.45, 7) is 3.33. The largest absolute Gasteiger partial charge is 0.480 e. The second-order valence-electron chi connectivity index (χ2n) is 4.30. The molecule has 3 N–H and O–H groups in total. The van der Waals surface area contributed by atoms with Gasteiger partial charge in [0.05, 0.1) is 5.69 Å². The van der Waals surface area contributed by atoms with Crippen LogP contribution in [0, 0.1) is 5.82 Å². The molecular formula is C13H16BrFN2O3. The first-order chi connectivity index (χ1) is 9.34. The first kappa shape index (κ1) is 16.4. The summed E-state index contributed by atoms with van der Waals surface area (Å²) in [5.41, 5.74) is -1.38. The summed E-state index contributed by atoms with van der Waals surface area (Å²) < 4.78 is 14.1. The van der Waals surface area contributed by atoms with Crippen molar-refractivity contribution < 1.29 is 19.1 Å². The fourth-order valence-corrected chi connectivity index (χ4v) is 2.11. The zero-order chi connectivity index (χ0) is 15.3. The van der Waals surface area contributed by atoms with E-state index in [1.807, 2.05) is 0 Å². The van der Waals surface area contributed by atoms with Gasteiger partial charge >= 0.3 is 12.0 Å². The van der Waals surface area contributed by atoms with Gasteiger partial charge in [-0.15, -0.1) is 0 Å². The van der Waals surface area contributed by atoms with Gasteiger partial charge in [-0.2, -0.15) is 0 Å². The lowest BCUT2D eigenvalue weighted by Crippen LogP contribution is -2.55. The number of amides is 2. The number of aliphatic carboxylic acids is 1. The minimum Gasteiger partial charge on any atom is -0.480 e. The number of rotatable bonds is 5. The zero-order valence-electron chi connectivity index (χ0n) is 11.2. The molecule has 0 heterocycles. The zero-order valence-corrected chi connectivity index (χ0v) is 12.8. The van der Waals surface area contributed by atoms with Crippen LogP contribution in [0.4, 0.5) is 14.9 Å². The van der Waals surface area contributed by atoms with Gasteiger partial charge in [0.1, 0.15) is 11.4 Å². The maximum Gasteiger partial charge on any atom is 0.329 e. The molecule has 0 atom stereocenters. The Bertz CT molecular complexity index is 518. The van der Waals surface area contributed by atoms with Crippen molar-refractivity contribution in [2.75, 3.05) is 5.32 Å². The van der Waals surface area contributed by atoms with E-state index in [4.69, 9.17) is 0 Å². The average Bonchev–Trinajstić information content (AvgIpc) is 2.40. The van der Waals surface area contributed by atoms with Crippen molar-refractivity contribution in [2.24, 2.45) is 0 Å². The molecule has 0 unspecified atom stereocenters. The topological polar surface area (TPSA) is 78.4 Å². The van der Waals surface area contributed by atoms with Crippen LogP contribution in [0.2, 0.25) is 0 Å². The first-order valence-electron chi connectivity index (χ1n) is 6.12. The predicted molar refractivity (Wildman–Crippen MR) is 77.2 cm³/mol. The van der Waals surface area contributed by atoms with E-state index in [2.05, 4.69) is 26.6 Å². The molecule has 110 valence electrons. The van der Waals surface area contributed by atoms with Gasteiger partial charge in [-0.25, -0.2) is 14.0 Å². The summed E-state index contributed by atoms with van der Waals surface area (Å²) in [7, 11) is 0. The number of carbonyl (C=O) groups is 2. The lowest BCUT2D eigenvalue weighted by Gasteiger charge is -2.28. The average molecular weight is 347 g/mol. The fraction of sp³-hybridized carbons (Fsp3) is 0.385. The van der Waals surface area contributed by atoms with Gasteiger partial charge in [0.15, 0.2) is 0 Å². The molecule has 7 heteroatoms. The van der Waals surface area contributed by atoms with E-state index >= 15 is 0 Å². The Morgan fingerprint density at radius 1 is 1.35 bits per heavy atom. The van der Waals surface area contributed by atoms with Crippen LogP contribution in [0.5, 0.6) is 0 Å². The van der Waals surface area contributed by atoms with Crippen molar-refractivity contribution in [1.82, 2.24) is 5.32 Å². The lowest BCUT2D eigenvalue weighted by atomic mass is 9.93. The second-order valence-corrected chi connectivity index (χ2v) is 5.21. The Morgan fingerprint density at radius 3 is 2.45 bits per heavy atom. The van der Waals surface area contributed by atoms with Crippen molar-refractivity contribution >= 4 is 33.6 Å². The van der Waals surface area contributed by atoms with Gasteiger partial charge < -0.3 is 15.7 Å². The number of halogens is 2. The standard InChI is InChI=1S/C13H16BrFN2O3/c1-3-13(4-2,11(18)19)17-12(20)16-10-7-8(14)5-6-9(10)15/h5-7H,3-4H2,1-2H3,(H,18,19)(H2,16,17,20). The quantitative estimate of drug-likeness (QED) is 0.764. The molecule has 0 radical (unpaired) electrons. The molecule has 20 heavy (non-hydrogen) atoms. The molecule has 5 nitrogen and oxygen atoms in total. The molecule has 0 aliphatic carbocycles. The normalized spacial score (nSPS) is 11.0. The summed E-state index contributed by atoms with van der Waals surface area (Å²) in [5.74, 6) is -1.72. The Labute approximate surface area is 124 Å². The van der Waals surface area contributed by atoms with E-state index in [0.717, 1.165) is 0 Å². The minimum absolute atomic E-state index is 0.0247. The summed E-state index contributed by atoms with van der Waals surface area (Å²) in [6, 6.07) is 3.34. The van der Waals surface area contributed by atoms with Gasteiger partial charge in [0.25, 0.3) is 0 Å². The summed E-state index contributed by atoms with van der Waals surface area (Å²) in [6.07, 6.45) is 0.459. The first-order valence-corrected chi connectivity index (χ1v) is 6.91. The van der Waals surface area contributed by atoms with Crippen LogP contribution in [0.3, 0.4) is 0 Å². The Balaban J connectivity index is 2.86. The van der Waals surface area contributed by atoms with Gasteiger partial charge in [-0.05, 0) is 31.0 Å². The third-order valence-electron chi connectivity index (χ3n) is 3.15. The molecule has 0 fully saturated rings. The second kappa shape index (κ2) is 6.69. The number of carbonyl (C=O) groups excluding carboxylic acids is 1. The van der Waals surface area contributed by atoms with E-state index in [1.54, 1.807) is 13.8 Å². The predicted octanol–water partition coefficient (Wildman–Crippen LogP) is 3.35. The Morgan fingerprint density at radius 2 is 1.95 bits per heavy atom. The highest BCUT2D eigenvalue weighted by atomic mass is 79.9. The number of urea groups is 1. The maximum absolute atomic E-state index is 13.5. The Kier molecular flexibility index (Phi) is 5.50. The highest BCUT2D eigenvalue weighted by Gasteiger charge is 2.36. The fourth-order valence-electron chi connectivity index (χ4n) is 1.75. The van der Waals surface area contributed by atoms with E-state index in [1.165, 1.54) is 18.2 Å². The highest BCUT2D eigenvalue weighted by Crippen LogP contribution is 2.21. The molecule has 0 aliphatic heterocycles. The number of carboxylic acid groups (broad SMARTS) is 1. The van der Waals surface area contributed by atoms with E-state index in [-0.39, 0.29) is 18.5 Å². The van der Waals surface area contributed by atoms with E-state index in [0.29, 0.717) is 4.47 Å². The van der Waals surface area contributed by atoms with Gasteiger partial charge in [-0.1, -0.05) is 29.8 Å². The smallest absolute Gasteiger partial charge is 0.329 e. The SMILES string of the molecule is CCC(CC)(NC(=O)Nc1cc(Br)ccc1F)C(=O)O. The van der Waals surface area contributed by atoms with Gasteiger partial charge in [0, 0.05) is 4.47 Å². The molecular weight excluding hydrogens is 331 g/mol. The molecule has 1 aromatic rings. The van der Waals surface area contributed by atoms with Gasteiger partial charge in [0.2, 0.25) is 0 Å². The summed E-state index contributed by atoms with van der Waals surface area (Å²) in [4.78, 5) is 23.1. The van der Waals surface area contributed by atoms with E-state index < -0.39 is 23.4 Å². The van der Waals surface area contributed by atoms with Crippen molar-refractivity contribution in [1.29, 1.82) is 0 Å². The third kappa shape index (κ3) is 3.69. The molecule has 0 aromatic heterocycles. The molecule has 0 aliphatic rings. The molecule has 0 spiro atoms. The van der Waals surface area contributed by atoms with Crippen LogP contribution in [0.15, 0.2) is 22.7 Å². The lowest BCUT2D eigenvalue weighted by molar-refractivity contribution is -0.144. The highest BCUT2D eigenvalue weighted by molar-refractivity contribution is 9.10. The van der Waals surface area contributed by atoms with Crippen LogP contribution in [0.25, 0.3) is 0 Å². The molecule has 0 saturated heterocycles. The number of hydrogen-bond donors (Lipinski definition) is 3. The van der Waals surface area contributed by atoms with Crippen molar-refractivity contribution in [2.45, 2.75) is 32.2 Å². The number of nitrogens with one attached hydrogen (secondary N) is 2. The molecule has 0 bridgehead atoms. The van der Waals surface area contributed by atoms with Crippen molar-refractivity contribution in [3.63, 3.8) is 0 Å². The monoisotopic (exact) mass is 346 g/mol. The van der Waals surface area contributed by atoms with Crippen LogP contribution in [-0.2, 0) is 4.79 Å². The molecule has 0 saturated carbocycles. The van der Waals surface area contributed by atoms with Crippen molar-refractivity contribution in [3.05, 3.63) is 28.5 Å². The number of benzene rings is 1. The molecule has 2 amide bonds. The van der Waals surface area contributed by atoms with Crippen molar-refractivity contribution in [3.8, 4) is 0 Å². The van der Waals surface area contributed by atoms with Gasteiger partial charge in [-0.3, -0.25) is 0 Å². The van der Waals surface area contributed by atoms with Crippen LogP contribution >= 0.6 is 15.9 Å². The number of anilines is 1. The minimum atomic E-state index is -1.35. The van der Waals surface area contributed by atoms with E-state index in [9.17, 15) is 19.1 Å². The van der Waals surface area contributed by atoms with Crippen LogP contribution in [0.1, 0.15) is 26.7 Å². The summed E-state index contributed by atoms with van der Waals surface area (Å²) >= 11 is 3.17. The Hall–Kier alpha value is -1.63. The number of carboxylic acids is 1. The summed E-state index contributed by atoms with van der Waals surface area (Å²) in [5, 5.41) is 13.9.